The van der Waals surface area contributed by atoms with Crippen LogP contribution in [0.3, 0.4) is 0 Å². The molecule has 1 unspecified atom stereocenters. The van der Waals surface area contributed by atoms with E-state index in [2.05, 4.69) is 16.0 Å². The van der Waals surface area contributed by atoms with Crippen LogP contribution in [0.5, 0.6) is 0 Å². The van der Waals surface area contributed by atoms with Crippen LogP contribution >= 0.6 is 0 Å². The number of benzene rings is 1. The average Bonchev–Trinajstić information content (AvgIpc) is 2.43. The molecule has 1 aromatic carbocycles. The zero-order chi connectivity index (χ0) is 15.0. The Balaban J connectivity index is 2.22. The Kier molecular flexibility index (Phi) is 6.52. The normalized spacial score (nSPS) is 11.8. The molecule has 110 valence electrons. The van der Waals surface area contributed by atoms with Gasteiger partial charge in [0.2, 0.25) is 5.91 Å². The zero-order valence-electron chi connectivity index (χ0n) is 11.7. The first-order chi connectivity index (χ1) is 9.49. The SMILES string of the molecule is CC(C)C(O)CNC(=O)CNC(=O)Nc1ccccc1. The predicted molar refractivity (Wildman–Crippen MR) is 77.3 cm³/mol. The van der Waals surface area contributed by atoms with Gasteiger partial charge >= 0.3 is 6.03 Å². The van der Waals surface area contributed by atoms with E-state index in [1.165, 1.54) is 0 Å². The molecule has 1 rings (SSSR count). The molecule has 0 saturated carbocycles. The Labute approximate surface area is 118 Å². The lowest BCUT2D eigenvalue weighted by atomic mass is 10.1. The van der Waals surface area contributed by atoms with Crippen molar-refractivity contribution in [2.75, 3.05) is 18.4 Å². The molecular weight excluding hydrogens is 258 g/mol. The second kappa shape index (κ2) is 8.16. The number of para-hydroxylation sites is 1. The molecule has 1 aromatic rings. The van der Waals surface area contributed by atoms with E-state index < -0.39 is 12.1 Å². The molecule has 3 amide bonds. The quantitative estimate of drug-likeness (QED) is 0.624. The Bertz CT molecular complexity index is 435. The minimum atomic E-state index is -0.586. The van der Waals surface area contributed by atoms with Crippen molar-refractivity contribution in [2.45, 2.75) is 20.0 Å². The highest BCUT2D eigenvalue weighted by molar-refractivity contribution is 5.92. The van der Waals surface area contributed by atoms with Crippen LogP contribution < -0.4 is 16.0 Å². The summed E-state index contributed by atoms with van der Waals surface area (Å²) in [5.41, 5.74) is 0.653. The minimum Gasteiger partial charge on any atom is -0.391 e. The molecule has 0 aliphatic carbocycles. The van der Waals surface area contributed by atoms with Gasteiger partial charge in [-0.2, -0.15) is 0 Å². The molecule has 0 bridgehead atoms. The van der Waals surface area contributed by atoms with Gasteiger partial charge in [-0.05, 0) is 18.1 Å². The third kappa shape index (κ3) is 6.19. The van der Waals surface area contributed by atoms with Gasteiger partial charge in [0.1, 0.15) is 0 Å². The van der Waals surface area contributed by atoms with Gasteiger partial charge in [-0.25, -0.2) is 4.79 Å². The summed E-state index contributed by atoms with van der Waals surface area (Å²) in [6.45, 7) is 3.77. The number of aliphatic hydroxyl groups is 1. The highest BCUT2D eigenvalue weighted by Crippen LogP contribution is 2.03. The van der Waals surface area contributed by atoms with Gasteiger partial charge in [-0.3, -0.25) is 4.79 Å². The van der Waals surface area contributed by atoms with Crippen molar-refractivity contribution in [3.63, 3.8) is 0 Å². The molecule has 0 heterocycles. The van der Waals surface area contributed by atoms with E-state index >= 15 is 0 Å². The van der Waals surface area contributed by atoms with E-state index in [0.717, 1.165) is 0 Å². The number of amides is 3. The van der Waals surface area contributed by atoms with Crippen molar-refractivity contribution >= 4 is 17.6 Å². The fraction of sp³-hybridized carbons (Fsp3) is 0.429. The molecule has 0 radical (unpaired) electrons. The summed E-state index contributed by atoms with van der Waals surface area (Å²) >= 11 is 0. The lowest BCUT2D eigenvalue weighted by Gasteiger charge is -2.15. The lowest BCUT2D eigenvalue weighted by Crippen LogP contribution is -2.42. The van der Waals surface area contributed by atoms with Gasteiger partial charge in [0.15, 0.2) is 0 Å². The van der Waals surface area contributed by atoms with Crippen molar-refractivity contribution in [3.8, 4) is 0 Å². The van der Waals surface area contributed by atoms with Gasteiger partial charge in [-0.15, -0.1) is 0 Å². The Hall–Kier alpha value is -2.08. The van der Waals surface area contributed by atoms with E-state index in [1.54, 1.807) is 24.3 Å². The van der Waals surface area contributed by atoms with Gasteiger partial charge in [0.25, 0.3) is 0 Å². The Morgan fingerprint density at radius 3 is 2.40 bits per heavy atom. The first kappa shape index (κ1) is 16.0. The topological polar surface area (TPSA) is 90.5 Å². The minimum absolute atomic E-state index is 0.0737. The maximum Gasteiger partial charge on any atom is 0.319 e. The van der Waals surface area contributed by atoms with E-state index in [9.17, 15) is 14.7 Å². The summed E-state index contributed by atoms with van der Waals surface area (Å²) in [7, 11) is 0. The Morgan fingerprint density at radius 2 is 1.80 bits per heavy atom. The highest BCUT2D eigenvalue weighted by Gasteiger charge is 2.11. The van der Waals surface area contributed by atoms with Crippen molar-refractivity contribution in [2.24, 2.45) is 5.92 Å². The summed E-state index contributed by atoms with van der Waals surface area (Å²) in [5.74, 6) is -0.266. The van der Waals surface area contributed by atoms with Crippen molar-refractivity contribution in [3.05, 3.63) is 30.3 Å². The van der Waals surface area contributed by atoms with Crippen molar-refractivity contribution < 1.29 is 14.7 Å². The molecule has 4 N–H and O–H groups in total. The van der Waals surface area contributed by atoms with Gasteiger partial charge < -0.3 is 21.1 Å². The molecule has 20 heavy (non-hydrogen) atoms. The second-order valence-electron chi connectivity index (χ2n) is 4.79. The maximum atomic E-state index is 11.5. The fourth-order valence-electron chi connectivity index (χ4n) is 1.37. The first-order valence-corrected chi connectivity index (χ1v) is 6.53. The standard InChI is InChI=1S/C14H21N3O3/c1-10(2)12(18)8-15-13(19)9-16-14(20)17-11-6-4-3-5-7-11/h3-7,10,12,18H,8-9H2,1-2H3,(H,15,19)(H2,16,17,20). The number of hydrogen-bond acceptors (Lipinski definition) is 3. The van der Waals surface area contributed by atoms with E-state index in [1.807, 2.05) is 19.9 Å². The lowest BCUT2D eigenvalue weighted by molar-refractivity contribution is -0.120. The summed E-state index contributed by atoms with van der Waals surface area (Å²) in [6.07, 6.45) is -0.586. The zero-order valence-corrected chi connectivity index (χ0v) is 11.7. The number of urea groups is 1. The van der Waals surface area contributed by atoms with Crippen LogP contribution in [0.4, 0.5) is 10.5 Å². The van der Waals surface area contributed by atoms with Crippen LogP contribution in [-0.2, 0) is 4.79 Å². The van der Waals surface area contributed by atoms with Gasteiger partial charge in [0.05, 0.1) is 12.6 Å². The summed E-state index contributed by atoms with van der Waals surface area (Å²) in [6, 6.07) is 8.50. The summed E-state index contributed by atoms with van der Waals surface area (Å²) in [4.78, 5) is 23.0. The number of anilines is 1. The molecule has 0 aliphatic rings. The molecule has 0 fully saturated rings. The predicted octanol–water partition coefficient (Wildman–Crippen LogP) is 0.941. The largest absolute Gasteiger partial charge is 0.391 e. The van der Waals surface area contributed by atoms with E-state index in [4.69, 9.17) is 0 Å². The number of hydrogen-bond donors (Lipinski definition) is 4. The van der Waals surface area contributed by atoms with Crippen LogP contribution in [-0.4, -0.2) is 36.2 Å². The van der Waals surface area contributed by atoms with Crippen LogP contribution in [0.1, 0.15) is 13.8 Å². The van der Waals surface area contributed by atoms with Crippen molar-refractivity contribution in [1.82, 2.24) is 10.6 Å². The molecule has 6 nitrogen and oxygen atoms in total. The van der Waals surface area contributed by atoms with E-state index in [0.29, 0.717) is 5.69 Å². The summed E-state index contributed by atoms with van der Waals surface area (Å²) in [5, 5.41) is 17.1. The average molecular weight is 279 g/mol. The fourth-order valence-corrected chi connectivity index (χ4v) is 1.37. The number of rotatable bonds is 6. The number of carbonyl (C=O) groups is 2. The second-order valence-corrected chi connectivity index (χ2v) is 4.79. The van der Waals surface area contributed by atoms with Crippen LogP contribution in [0.25, 0.3) is 0 Å². The smallest absolute Gasteiger partial charge is 0.319 e. The monoisotopic (exact) mass is 279 g/mol. The number of nitrogens with one attached hydrogen (secondary N) is 3. The summed E-state index contributed by atoms with van der Waals surface area (Å²) < 4.78 is 0. The molecule has 0 spiro atoms. The molecule has 0 aliphatic heterocycles. The van der Waals surface area contributed by atoms with Gasteiger partial charge in [-0.1, -0.05) is 32.0 Å². The number of aliphatic hydroxyl groups excluding tert-OH is 1. The molecule has 0 aromatic heterocycles. The van der Waals surface area contributed by atoms with Gasteiger partial charge in [0, 0.05) is 12.2 Å². The Morgan fingerprint density at radius 1 is 1.15 bits per heavy atom. The van der Waals surface area contributed by atoms with Crippen molar-refractivity contribution in [1.29, 1.82) is 0 Å². The van der Waals surface area contributed by atoms with Crippen LogP contribution in [0.2, 0.25) is 0 Å². The molecule has 0 saturated heterocycles. The van der Waals surface area contributed by atoms with Crippen LogP contribution in [0, 0.1) is 5.92 Å². The third-order valence-electron chi connectivity index (χ3n) is 2.72. The number of carbonyl (C=O) groups excluding carboxylic acids is 2. The molecule has 1 atom stereocenters. The highest BCUT2D eigenvalue weighted by atomic mass is 16.3. The molecular formula is C14H21N3O3. The maximum absolute atomic E-state index is 11.5. The van der Waals surface area contributed by atoms with Crippen LogP contribution in [0.15, 0.2) is 30.3 Å². The third-order valence-corrected chi connectivity index (χ3v) is 2.72. The molecule has 6 heteroatoms. The first-order valence-electron chi connectivity index (χ1n) is 6.53. The van der Waals surface area contributed by atoms with E-state index in [-0.39, 0.29) is 24.9 Å².